The van der Waals surface area contributed by atoms with Gasteiger partial charge in [0.2, 0.25) is 0 Å². The largest absolute Gasteiger partial charge is 0.309 e. The molecule has 4 nitrogen and oxygen atoms in total. The minimum Gasteiger partial charge on any atom is -0.309 e. The number of para-hydroxylation sites is 4. The summed E-state index contributed by atoms with van der Waals surface area (Å²) in [5.74, 6) is 0.669. The number of benzene rings is 9. The summed E-state index contributed by atoms with van der Waals surface area (Å²) in [5, 5.41) is 8.55. The molecule has 0 atom stereocenters. The Hall–Kier alpha value is -8.12. The predicted molar refractivity (Wildman–Crippen MR) is 265 cm³/mol. The summed E-state index contributed by atoms with van der Waals surface area (Å²) in [5.41, 5.74) is 12.8. The van der Waals surface area contributed by atoms with Crippen molar-refractivity contribution in [1.29, 1.82) is 0 Å². The second kappa shape index (κ2) is 14.2. The maximum atomic E-state index is 5.47. The molecule has 4 heterocycles. The lowest BCUT2D eigenvalue weighted by Crippen LogP contribution is -2.02. The highest BCUT2D eigenvalue weighted by Gasteiger charge is 2.20. The van der Waals surface area contributed by atoms with Gasteiger partial charge in [-0.05, 0) is 87.9 Å². The average Bonchev–Trinajstić information content (AvgIpc) is 4.04. The van der Waals surface area contributed by atoms with E-state index < -0.39 is 0 Å². The Labute approximate surface area is 367 Å². The first-order valence-corrected chi connectivity index (χ1v) is 22.1. The van der Waals surface area contributed by atoms with Crippen LogP contribution in [0, 0.1) is 0 Å². The minimum absolute atomic E-state index is 0.669. The van der Waals surface area contributed by atoms with Crippen LogP contribution in [0.3, 0.4) is 0 Å². The Kier molecular flexibility index (Phi) is 8.05. The summed E-state index contributed by atoms with van der Waals surface area (Å²) in [7, 11) is 0. The van der Waals surface area contributed by atoms with Gasteiger partial charge in [0.25, 0.3) is 0 Å². The van der Waals surface area contributed by atoms with Crippen LogP contribution in [0.25, 0.3) is 120 Å². The molecule has 4 aromatic heterocycles. The normalized spacial score (nSPS) is 11.8. The van der Waals surface area contributed by atoms with E-state index in [1.807, 2.05) is 0 Å². The van der Waals surface area contributed by atoms with E-state index in [4.69, 9.17) is 9.97 Å². The summed E-state index contributed by atoms with van der Waals surface area (Å²) >= 11 is 1.77. The van der Waals surface area contributed by atoms with Gasteiger partial charge in [0, 0.05) is 48.7 Å². The summed E-state index contributed by atoms with van der Waals surface area (Å²) in [6, 6.07) is 78.6. The van der Waals surface area contributed by atoms with Crippen LogP contribution in [-0.4, -0.2) is 19.1 Å². The van der Waals surface area contributed by atoms with Gasteiger partial charge in [-0.25, -0.2) is 9.97 Å². The third kappa shape index (κ3) is 5.82. The SMILES string of the molecule is c1ccc2sc(-c3cc(-c4ccc(-c5cccc6ccccc56)cc4)nc(-c4cc(-n5c6ccccc6c6ccccc65)cc(-n5c6ccccc6c6ccccc65)c4)n3)cc2c1. The lowest BCUT2D eigenvalue weighted by atomic mass is 9.97. The zero-order valence-corrected chi connectivity index (χ0v) is 34.8. The molecular weight excluding hydrogens is 785 g/mol. The van der Waals surface area contributed by atoms with E-state index in [1.165, 1.54) is 53.5 Å². The van der Waals surface area contributed by atoms with E-state index in [1.54, 1.807) is 11.3 Å². The van der Waals surface area contributed by atoms with Crippen LogP contribution >= 0.6 is 11.3 Å². The van der Waals surface area contributed by atoms with Gasteiger partial charge in [-0.1, -0.05) is 158 Å². The first-order valence-electron chi connectivity index (χ1n) is 21.3. The molecule has 0 N–H and O–H groups in total. The van der Waals surface area contributed by atoms with Crippen molar-refractivity contribution in [2.24, 2.45) is 0 Å². The molecule has 0 aliphatic heterocycles. The van der Waals surface area contributed by atoms with Gasteiger partial charge in [-0.2, -0.15) is 0 Å². The highest BCUT2D eigenvalue weighted by atomic mass is 32.1. The molecule has 0 saturated heterocycles. The second-order valence-electron chi connectivity index (χ2n) is 16.2. The quantitative estimate of drug-likeness (QED) is 0.167. The molecule has 0 aliphatic rings. The van der Waals surface area contributed by atoms with Crippen LogP contribution < -0.4 is 0 Å². The van der Waals surface area contributed by atoms with E-state index in [-0.39, 0.29) is 0 Å². The van der Waals surface area contributed by atoms with Gasteiger partial charge in [0.15, 0.2) is 5.82 Å². The van der Waals surface area contributed by atoms with Crippen LogP contribution in [0.5, 0.6) is 0 Å². The monoisotopic (exact) mass is 820 g/mol. The van der Waals surface area contributed by atoms with Gasteiger partial charge in [-0.3, -0.25) is 0 Å². The number of fused-ring (bicyclic) bond motifs is 8. The van der Waals surface area contributed by atoms with Gasteiger partial charge >= 0.3 is 0 Å². The number of hydrogen-bond donors (Lipinski definition) is 0. The lowest BCUT2D eigenvalue weighted by molar-refractivity contribution is 1.12. The fourth-order valence-electron chi connectivity index (χ4n) is 9.64. The van der Waals surface area contributed by atoms with Crippen LogP contribution in [0.15, 0.2) is 218 Å². The fraction of sp³-hybridized carbons (Fsp3) is 0. The molecule has 0 radical (unpaired) electrons. The third-order valence-corrected chi connectivity index (χ3v) is 13.7. The van der Waals surface area contributed by atoms with E-state index in [0.717, 1.165) is 60.8 Å². The summed E-state index contributed by atoms with van der Waals surface area (Å²) in [6.45, 7) is 0. The fourth-order valence-corrected chi connectivity index (χ4v) is 10.7. The van der Waals surface area contributed by atoms with Crippen molar-refractivity contribution < 1.29 is 0 Å². The Morgan fingerprint density at radius 2 is 0.810 bits per heavy atom. The predicted octanol–water partition coefficient (Wildman–Crippen LogP) is 15.7. The van der Waals surface area contributed by atoms with Crippen molar-refractivity contribution >= 4 is 75.8 Å². The molecule has 294 valence electrons. The molecule has 0 spiro atoms. The Bertz CT molecular complexity index is 3650. The zero-order valence-electron chi connectivity index (χ0n) is 34.0. The molecule has 0 amide bonds. The molecular formula is C58H36N4S. The number of rotatable bonds is 6. The minimum atomic E-state index is 0.669. The van der Waals surface area contributed by atoms with Crippen molar-refractivity contribution in [1.82, 2.24) is 19.1 Å². The van der Waals surface area contributed by atoms with Crippen LogP contribution in [-0.2, 0) is 0 Å². The van der Waals surface area contributed by atoms with Gasteiger partial charge < -0.3 is 9.13 Å². The Balaban J connectivity index is 1.07. The smallest absolute Gasteiger partial charge is 0.160 e. The van der Waals surface area contributed by atoms with E-state index in [9.17, 15) is 0 Å². The summed E-state index contributed by atoms with van der Waals surface area (Å²) < 4.78 is 6.03. The Morgan fingerprint density at radius 3 is 1.40 bits per heavy atom. The standard InChI is InChI=1S/C58H36N4S/c1-3-17-44-37(14-1)16-13-22-45(44)38-28-30-39(31-29-38)50-36-51(57-34-40-15-2-12-27-56(40)63-57)60-58(59-50)41-32-42(61-52-23-8-4-18-46(52)47-19-5-9-24-53(47)61)35-43(33-41)62-54-25-10-6-20-48(54)49-21-7-11-26-55(49)62/h1-36H. The maximum Gasteiger partial charge on any atom is 0.160 e. The number of thiophene rings is 1. The third-order valence-electron chi connectivity index (χ3n) is 12.5. The van der Waals surface area contributed by atoms with Crippen molar-refractivity contribution in [3.8, 4) is 55.7 Å². The molecule has 63 heavy (non-hydrogen) atoms. The van der Waals surface area contributed by atoms with Gasteiger partial charge in [0.1, 0.15) is 0 Å². The molecule has 0 unspecified atom stereocenters. The van der Waals surface area contributed by atoms with Crippen molar-refractivity contribution in [3.63, 3.8) is 0 Å². The first-order chi connectivity index (χ1) is 31.2. The summed E-state index contributed by atoms with van der Waals surface area (Å²) in [4.78, 5) is 12.0. The van der Waals surface area contributed by atoms with Crippen molar-refractivity contribution in [2.45, 2.75) is 0 Å². The lowest BCUT2D eigenvalue weighted by Gasteiger charge is -2.16. The van der Waals surface area contributed by atoms with E-state index >= 15 is 0 Å². The van der Waals surface area contributed by atoms with Crippen molar-refractivity contribution in [3.05, 3.63) is 218 Å². The molecule has 0 bridgehead atoms. The maximum absolute atomic E-state index is 5.47. The van der Waals surface area contributed by atoms with Crippen LogP contribution in [0.1, 0.15) is 0 Å². The van der Waals surface area contributed by atoms with Crippen molar-refractivity contribution in [2.75, 3.05) is 0 Å². The molecule has 5 heteroatoms. The molecule has 0 saturated carbocycles. The number of aromatic nitrogens is 4. The number of nitrogens with zero attached hydrogens (tertiary/aromatic N) is 4. The molecule has 0 aliphatic carbocycles. The Morgan fingerprint density at radius 1 is 0.333 bits per heavy atom. The summed E-state index contributed by atoms with van der Waals surface area (Å²) in [6.07, 6.45) is 0. The highest BCUT2D eigenvalue weighted by molar-refractivity contribution is 7.22. The van der Waals surface area contributed by atoms with E-state index in [0.29, 0.717) is 5.82 Å². The topological polar surface area (TPSA) is 35.6 Å². The van der Waals surface area contributed by atoms with Gasteiger partial charge in [0.05, 0.1) is 38.3 Å². The average molecular weight is 821 g/mol. The van der Waals surface area contributed by atoms with Crippen LogP contribution in [0.4, 0.5) is 0 Å². The van der Waals surface area contributed by atoms with E-state index in [2.05, 4.69) is 228 Å². The van der Waals surface area contributed by atoms with Crippen LogP contribution in [0.2, 0.25) is 0 Å². The molecule has 13 aromatic rings. The zero-order chi connectivity index (χ0) is 41.4. The number of hydrogen-bond acceptors (Lipinski definition) is 3. The molecule has 9 aromatic carbocycles. The molecule has 13 rings (SSSR count). The highest BCUT2D eigenvalue weighted by Crippen LogP contribution is 2.40. The first kappa shape index (κ1) is 35.6. The van der Waals surface area contributed by atoms with Gasteiger partial charge in [-0.15, -0.1) is 11.3 Å². The molecule has 0 fully saturated rings. The second-order valence-corrected chi connectivity index (χ2v) is 17.3.